The monoisotopic (exact) mass is 299 g/mol. The molecule has 22 heavy (non-hydrogen) atoms. The molecule has 1 saturated carbocycles. The van der Waals surface area contributed by atoms with E-state index in [0.29, 0.717) is 5.92 Å². The summed E-state index contributed by atoms with van der Waals surface area (Å²) in [6.07, 6.45) is 5.91. The van der Waals surface area contributed by atoms with Crippen molar-refractivity contribution in [1.29, 1.82) is 0 Å². The van der Waals surface area contributed by atoms with E-state index in [0.717, 1.165) is 43.4 Å². The van der Waals surface area contributed by atoms with Crippen molar-refractivity contribution >= 4 is 11.7 Å². The van der Waals surface area contributed by atoms with Gasteiger partial charge in [-0.2, -0.15) is 0 Å². The van der Waals surface area contributed by atoms with Gasteiger partial charge in [0.05, 0.1) is 0 Å². The van der Waals surface area contributed by atoms with E-state index >= 15 is 0 Å². The van der Waals surface area contributed by atoms with E-state index in [1.54, 1.807) is 0 Å². The number of amides is 1. The second kappa shape index (κ2) is 6.64. The van der Waals surface area contributed by atoms with Crippen LogP contribution in [-0.4, -0.2) is 18.2 Å². The van der Waals surface area contributed by atoms with E-state index in [2.05, 4.69) is 12.2 Å². The smallest absolute Gasteiger partial charge is 0.223 e. The highest BCUT2D eigenvalue weighted by Gasteiger charge is 2.37. The molecule has 0 saturated heterocycles. The van der Waals surface area contributed by atoms with Crippen LogP contribution in [0.25, 0.3) is 0 Å². The van der Waals surface area contributed by atoms with Crippen LogP contribution in [0, 0.1) is 17.8 Å². The van der Waals surface area contributed by atoms with Crippen LogP contribution in [0.15, 0.2) is 24.3 Å². The molecule has 1 aromatic rings. The van der Waals surface area contributed by atoms with E-state index in [-0.39, 0.29) is 23.5 Å². The quantitative estimate of drug-likeness (QED) is 0.875. The summed E-state index contributed by atoms with van der Waals surface area (Å²) in [6.45, 7) is 2.87. The van der Waals surface area contributed by atoms with Crippen LogP contribution < -0.4 is 5.32 Å². The Balaban J connectivity index is 1.73. The minimum absolute atomic E-state index is 0.0893. The summed E-state index contributed by atoms with van der Waals surface area (Å²) in [7, 11) is 0. The van der Waals surface area contributed by atoms with E-state index in [1.165, 1.54) is 12.8 Å². The number of carbonyl (C=O) groups excluding carboxylic acids is 2. The Labute approximate surface area is 132 Å². The SMILES string of the molecule is CCCC(C(=O)NCC1CC1)C1CCc2ccccc2C1=O. The van der Waals surface area contributed by atoms with E-state index in [1.807, 2.05) is 24.3 Å². The van der Waals surface area contributed by atoms with Gasteiger partial charge in [-0.05, 0) is 43.6 Å². The summed E-state index contributed by atoms with van der Waals surface area (Å²) < 4.78 is 0. The van der Waals surface area contributed by atoms with Gasteiger partial charge in [0.1, 0.15) is 0 Å². The summed E-state index contributed by atoms with van der Waals surface area (Å²) in [5.41, 5.74) is 1.97. The molecule has 2 atom stereocenters. The second-order valence-electron chi connectivity index (χ2n) is 6.75. The van der Waals surface area contributed by atoms with Crippen molar-refractivity contribution in [2.24, 2.45) is 17.8 Å². The maximum atomic E-state index is 12.8. The third-order valence-corrected chi connectivity index (χ3v) is 5.03. The molecule has 0 aromatic heterocycles. The fourth-order valence-corrected chi connectivity index (χ4v) is 3.53. The fraction of sp³-hybridized carbons (Fsp3) is 0.579. The Morgan fingerprint density at radius 2 is 2.05 bits per heavy atom. The van der Waals surface area contributed by atoms with Crippen LogP contribution in [0.2, 0.25) is 0 Å². The number of aryl methyl sites for hydroxylation is 1. The number of Topliss-reactive ketones (excluding diaryl/α,β-unsaturated/α-hetero) is 1. The van der Waals surface area contributed by atoms with Gasteiger partial charge in [-0.3, -0.25) is 9.59 Å². The first-order chi connectivity index (χ1) is 10.7. The first kappa shape index (κ1) is 15.3. The number of hydrogen-bond donors (Lipinski definition) is 1. The number of hydrogen-bond acceptors (Lipinski definition) is 2. The zero-order chi connectivity index (χ0) is 15.5. The standard InChI is InChI=1S/C19H25NO2/c1-2-5-17(19(22)20-12-13-8-9-13)16-11-10-14-6-3-4-7-15(14)18(16)21/h3-4,6-7,13,16-17H,2,5,8-12H2,1H3,(H,20,22). The highest BCUT2D eigenvalue weighted by Crippen LogP contribution is 2.33. The van der Waals surface area contributed by atoms with Crippen molar-refractivity contribution in [3.8, 4) is 0 Å². The minimum Gasteiger partial charge on any atom is -0.356 e. The number of rotatable bonds is 6. The molecule has 3 heteroatoms. The van der Waals surface area contributed by atoms with Crippen molar-refractivity contribution in [2.45, 2.75) is 45.4 Å². The van der Waals surface area contributed by atoms with Gasteiger partial charge in [-0.1, -0.05) is 37.6 Å². The van der Waals surface area contributed by atoms with Crippen molar-refractivity contribution in [3.05, 3.63) is 35.4 Å². The number of benzene rings is 1. The third-order valence-electron chi connectivity index (χ3n) is 5.03. The van der Waals surface area contributed by atoms with Crippen LogP contribution in [0.3, 0.4) is 0 Å². The largest absolute Gasteiger partial charge is 0.356 e. The molecule has 1 fully saturated rings. The van der Waals surface area contributed by atoms with Gasteiger partial charge < -0.3 is 5.32 Å². The topological polar surface area (TPSA) is 46.2 Å². The van der Waals surface area contributed by atoms with Gasteiger partial charge in [0, 0.05) is 23.9 Å². The van der Waals surface area contributed by atoms with Crippen LogP contribution >= 0.6 is 0 Å². The summed E-state index contributed by atoms with van der Waals surface area (Å²) in [4.78, 5) is 25.4. The molecule has 118 valence electrons. The molecule has 0 bridgehead atoms. The molecule has 2 aliphatic rings. The molecule has 2 unspecified atom stereocenters. The average Bonchev–Trinajstić information content (AvgIpc) is 3.36. The summed E-state index contributed by atoms with van der Waals surface area (Å²) in [5.74, 6) is 0.626. The molecular formula is C19H25NO2. The molecule has 1 N–H and O–H groups in total. The van der Waals surface area contributed by atoms with Crippen molar-refractivity contribution < 1.29 is 9.59 Å². The predicted molar refractivity (Wildman–Crippen MR) is 86.7 cm³/mol. The highest BCUT2D eigenvalue weighted by molar-refractivity contribution is 6.02. The van der Waals surface area contributed by atoms with E-state index in [4.69, 9.17) is 0 Å². The molecule has 2 aliphatic carbocycles. The number of ketones is 1. The Hall–Kier alpha value is -1.64. The maximum Gasteiger partial charge on any atom is 0.223 e. The van der Waals surface area contributed by atoms with Gasteiger partial charge in [-0.15, -0.1) is 0 Å². The van der Waals surface area contributed by atoms with Crippen LogP contribution in [0.5, 0.6) is 0 Å². The average molecular weight is 299 g/mol. The Kier molecular flexibility index (Phi) is 4.60. The van der Waals surface area contributed by atoms with Crippen LogP contribution in [0.4, 0.5) is 0 Å². The van der Waals surface area contributed by atoms with Crippen LogP contribution in [-0.2, 0) is 11.2 Å². The number of fused-ring (bicyclic) bond motifs is 1. The van der Waals surface area contributed by atoms with Crippen molar-refractivity contribution in [2.75, 3.05) is 6.54 Å². The lowest BCUT2D eigenvalue weighted by molar-refractivity contribution is -0.126. The van der Waals surface area contributed by atoms with Gasteiger partial charge >= 0.3 is 0 Å². The molecule has 1 amide bonds. The van der Waals surface area contributed by atoms with E-state index in [9.17, 15) is 9.59 Å². The van der Waals surface area contributed by atoms with Crippen molar-refractivity contribution in [3.63, 3.8) is 0 Å². The molecule has 1 aromatic carbocycles. The van der Waals surface area contributed by atoms with Crippen LogP contribution in [0.1, 0.15) is 54.9 Å². The predicted octanol–water partition coefficient (Wildman–Crippen LogP) is 3.37. The number of nitrogens with one attached hydrogen (secondary N) is 1. The first-order valence-corrected chi connectivity index (χ1v) is 8.60. The number of carbonyl (C=O) groups is 2. The molecule has 3 nitrogen and oxygen atoms in total. The Bertz CT molecular complexity index is 562. The maximum absolute atomic E-state index is 12.8. The lowest BCUT2D eigenvalue weighted by Crippen LogP contribution is -2.40. The molecule has 0 aliphatic heterocycles. The molecule has 0 spiro atoms. The molecule has 0 heterocycles. The zero-order valence-electron chi connectivity index (χ0n) is 13.3. The van der Waals surface area contributed by atoms with Gasteiger partial charge in [0.15, 0.2) is 5.78 Å². The molecular weight excluding hydrogens is 274 g/mol. The van der Waals surface area contributed by atoms with Gasteiger partial charge in [-0.25, -0.2) is 0 Å². The lowest BCUT2D eigenvalue weighted by atomic mass is 9.74. The fourth-order valence-electron chi connectivity index (χ4n) is 3.53. The van der Waals surface area contributed by atoms with Gasteiger partial charge in [0.25, 0.3) is 0 Å². The Morgan fingerprint density at radius 3 is 2.77 bits per heavy atom. The molecule has 0 radical (unpaired) electrons. The summed E-state index contributed by atoms with van der Waals surface area (Å²) >= 11 is 0. The highest BCUT2D eigenvalue weighted by atomic mass is 16.2. The Morgan fingerprint density at radius 1 is 1.27 bits per heavy atom. The zero-order valence-corrected chi connectivity index (χ0v) is 13.3. The lowest BCUT2D eigenvalue weighted by Gasteiger charge is -2.29. The summed E-state index contributed by atoms with van der Waals surface area (Å²) in [5, 5.41) is 3.08. The van der Waals surface area contributed by atoms with Crippen molar-refractivity contribution in [1.82, 2.24) is 5.32 Å². The first-order valence-electron chi connectivity index (χ1n) is 8.60. The normalized spacial score (nSPS) is 22.0. The van der Waals surface area contributed by atoms with Gasteiger partial charge in [0.2, 0.25) is 5.91 Å². The molecule has 3 rings (SSSR count). The minimum atomic E-state index is -0.162. The second-order valence-corrected chi connectivity index (χ2v) is 6.75. The van der Waals surface area contributed by atoms with E-state index < -0.39 is 0 Å². The summed E-state index contributed by atoms with van der Waals surface area (Å²) in [6, 6.07) is 7.85. The third kappa shape index (κ3) is 3.23.